The summed E-state index contributed by atoms with van der Waals surface area (Å²) in [6.07, 6.45) is 0.248. The minimum atomic E-state index is -0.254. The third-order valence-corrected chi connectivity index (χ3v) is 3.35. The summed E-state index contributed by atoms with van der Waals surface area (Å²) in [5, 5.41) is 1.88. The fourth-order valence-corrected chi connectivity index (χ4v) is 2.42. The molecule has 0 radical (unpaired) electrons. The highest BCUT2D eigenvalue weighted by molar-refractivity contribution is 7.12. The maximum atomic E-state index is 12.3. The Morgan fingerprint density at radius 2 is 2.16 bits per heavy atom. The van der Waals surface area contributed by atoms with Gasteiger partial charge in [-0.1, -0.05) is 19.9 Å². The van der Waals surface area contributed by atoms with Crippen LogP contribution in [0.15, 0.2) is 17.5 Å². The normalized spacial score (nSPS) is 10.5. The predicted octanol–water partition coefficient (Wildman–Crippen LogP) is 2.80. The molecule has 5 heteroatoms. The van der Waals surface area contributed by atoms with Crippen molar-refractivity contribution in [2.24, 2.45) is 5.92 Å². The number of ether oxygens (including phenoxy) is 1. The molecular formula is C14H21NO3S. The molecule has 19 heavy (non-hydrogen) atoms. The van der Waals surface area contributed by atoms with Gasteiger partial charge in [-0.3, -0.25) is 9.59 Å². The minimum Gasteiger partial charge on any atom is -0.466 e. The summed E-state index contributed by atoms with van der Waals surface area (Å²) in [6, 6.07) is 3.67. The van der Waals surface area contributed by atoms with Crippen molar-refractivity contribution in [3.8, 4) is 0 Å². The molecule has 0 atom stereocenters. The van der Waals surface area contributed by atoms with Crippen LogP contribution >= 0.6 is 11.3 Å². The number of amides is 1. The van der Waals surface area contributed by atoms with E-state index in [0.717, 1.165) is 0 Å². The molecule has 0 unspecified atom stereocenters. The van der Waals surface area contributed by atoms with Gasteiger partial charge in [-0.25, -0.2) is 0 Å². The minimum absolute atomic E-state index is 0.00648. The molecule has 0 aromatic carbocycles. The molecule has 0 spiro atoms. The zero-order valence-electron chi connectivity index (χ0n) is 11.7. The molecule has 4 nitrogen and oxygen atoms in total. The third-order valence-electron chi connectivity index (χ3n) is 2.50. The number of hydrogen-bond acceptors (Lipinski definition) is 4. The van der Waals surface area contributed by atoms with Crippen LogP contribution in [0.1, 0.15) is 36.9 Å². The summed E-state index contributed by atoms with van der Waals surface area (Å²) in [5.74, 6) is 0.106. The first-order chi connectivity index (χ1) is 9.04. The molecule has 1 heterocycles. The van der Waals surface area contributed by atoms with E-state index in [-0.39, 0.29) is 18.3 Å². The molecule has 0 N–H and O–H groups in total. The van der Waals surface area contributed by atoms with Crippen molar-refractivity contribution in [1.82, 2.24) is 4.90 Å². The number of carbonyl (C=O) groups is 2. The zero-order valence-corrected chi connectivity index (χ0v) is 12.5. The van der Waals surface area contributed by atoms with Crippen LogP contribution in [0.4, 0.5) is 0 Å². The smallest absolute Gasteiger partial charge is 0.307 e. The Kier molecular flexibility index (Phi) is 6.56. The van der Waals surface area contributed by atoms with Crippen LogP contribution in [0.3, 0.4) is 0 Å². The Hall–Kier alpha value is -1.36. The van der Waals surface area contributed by atoms with E-state index < -0.39 is 0 Å². The first-order valence-corrected chi connectivity index (χ1v) is 7.41. The van der Waals surface area contributed by atoms with Crippen LogP contribution < -0.4 is 0 Å². The number of rotatable bonds is 7. The molecule has 0 aliphatic rings. The molecule has 0 bridgehead atoms. The molecule has 0 fully saturated rings. The SMILES string of the molecule is CCOC(=O)CCN(CC(C)C)C(=O)c1cccs1. The molecule has 1 aromatic heterocycles. The van der Waals surface area contributed by atoms with E-state index in [1.54, 1.807) is 11.8 Å². The van der Waals surface area contributed by atoms with Gasteiger partial charge in [-0.05, 0) is 24.3 Å². The first kappa shape index (κ1) is 15.7. The number of nitrogens with zero attached hydrogens (tertiary/aromatic N) is 1. The molecule has 0 aliphatic carbocycles. The molecule has 0 saturated heterocycles. The summed E-state index contributed by atoms with van der Waals surface area (Å²) in [5.41, 5.74) is 0. The lowest BCUT2D eigenvalue weighted by atomic mass is 10.2. The molecule has 0 saturated carbocycles. The van der Waals surface area contributed by atoms with Gasteiger partial charge in [0.05, 0.1) is 17.9 Å². The molecule has 1 aromatic rings. The van der Waals surface area contributed by atoms with Crippen LogP contribution in [-0.4, -0.2) is 36.5 Å². The van der Waals surface area contributed by atoms with Crippen LogP contribution in [0.25, 0.3) is 0 Å². The average molecular weight is 283 g/mol. The second-order valence-corrected chi connectivity index (χ2v) is 5.63. The number of thiophene rings is 1. The van der Waals surface area contributed by atoms with Crippen LogP contribution in [-0.2, 0) is 9.53 Å². The summed E-state index contributed by atoms with van der Waals surface area (Å²) >= 11 is 1.42. The maximum absolute atomic E-state index is 12.3. The second kappa shape index (κ2) is 7.94. The van der Waals surface area contributed by atoms with E-state index in [4.69, 9.17) is 4.74 Å². The van der Waals surface area contributed by atoms with E-state index in [1.165, 1.54) is 11.3 Å². The molecular weight excluding hydrogens is 262 g/mol. The highest BCUT2D eigenvalue weighted by atomic mass is 32.1. The van der Waals surface area contributed by atoms with Gasteiger partial charge < -0.3 is 9.64 Å². The van der Waals surface area contributed by atoms with E-state index in [0.29, 0.717) is 30.5 Å². The fourth-order valence-electron chi connectivity index (χ4n) is 1.73. The Bertz CT molecular complexity index is 401. The maximum Gasteiger partial charge on any atom is 0.307 e. The van der Waals surface area contributed by atoms with Crippen LogP contribution in [0.2, 0.25) is 0 Å². The van der Waals surface area contributed by atoms with E-state index in [1.807, 2.05) is 17.5 Å². The van der Waals surface area contributed by atoms with E-state index >= 15 is 0 Å². The van der Waals surface area contributed by atoms with Crippen molar-refractivity contribution >= 4 is 23.2 Å². The molecule has 1 amide bonds. The fraction of sp³-hybridized carbons (Fsp3) is 0.571. The third kappa shape index (κ3) is 5.42. The van der Waals surface area contributed by atoms with Gasteiger partial charge in [-0.15, -0.1) is 11.3 Å². The van der Waals surface area contributed by atoms with Crippen molar-refractivity contribution in [2.45, 2.75) is 27.2 Å². The second-order valence-electron chi connectivity index (χ2n) is 4.68. The van der Waals surface area contributed by atoms with Crippen LogP contribution in [0.5, 0.6) is 0 Å². The number of carbonyl (C=O) groups excluding carboxylic acids is 2. The Morgan fingerprint density at radius 1 is 1.42 bits per heavy atom. The lowest BCUT2D eigenvalue weighted by Crippen LogP contribution is -2.35. The number of esters is 1. The summed E-state index contributed by atoms with van der Waals surface area (Å²) in [6.45, 7) is 7.32. The topological polar surface area (TPSA) is 46.6 Å². The monoisotopic (exact) mass is 283 g/mol. The van der Waals surface area contributed by atoms with Gasteiger partial charge in [0.15, 0.2) is 0 Å². The Balaban J connectivity index is 2.61. The molecule has 0 aliphatic heterocycles. The van der Waals surface area contributed by atoms with Gasteiger partial charge in [0.1, 0.15) is 0 Å². The average Bonchev–Trinajstić information content (AvgIpc) is 2.87. The zero-order chi connectivity index (χ0) is 14.3. The van der Waals surface area contributed by atoms with Gasteiger partial charge in [0.2, 0.25) is 0 Å². The van der Waals surface area contributed by atoms with Gasteiger partial charge >= 0.3 is 5.97 Å². The van der Waals surface area contributed by atoms with E-state index in [2.05, 4.69) is 13.8 Å². The lowest BCUT2D eigenvalue weighted by molar-refractivity contribution is -0.143. The molecule has 1 rings (SSSR count). The largest absolute Gasteiger partial charge is 0.466 e. The van der Waals surface area contributed by atoms with Gasteiger partial charge in [-0.2, -0.15) is 0 Å². The van der Waals surface area contributed by atoms with Crippen molar-refractivity contribution < 1.29 is 14.3 Å². The Labute approximate surface area is 118 Å². The highest BCUT2D eigenvalue weighted by Crippen LogP contribution is 2.13. The predicted molar refractivity (Wildman–Crippen MR) is 76.3 cm³/mol. The van der Waals surface area contributed by atoms with Crippen molar-refractivity contribution in [3.05, 3.63) is 22.4 Å². The lowest BCUT2D eigenvalue weighted by Gasteiger charge is -2.23. The van der Waals surface area contributed by atoms with Crippen LogP contribution in [0, 0.1) is 5.92 Å². The Morgan fingerprint density at radius 3 is 2.68 bits per heavy atom. The quantitative estimate of drug-likeness (QED) is 0.723. The summed E-state index contributed by atoms with van der Waals surface area (Å²) < 4.78 is 4.89. The summed E-state index contributed by atoms with van der Waals surface area (Å²) in [4.78, 5) is 26.1. The first-order valence-electron chi connectivity index (χ1n) is 6.53. The highest BCUT2D eigenvalue weighted by Gasteiger charge is 2.18. The van der Waals surface area contributed by atoms with Crippen molar-refractivity contribution in [1.29, 1.82) is 0 Å². The van der Waals surface area contributed by atoms with Gasteiger partial charge in [0.25, 0.3) is 5.91 Å². The standard InChI is InChI=1S/C14H21NO3S/c1-4-18-13(16)7-8-15(10-11(2)3)14(17)12-6-5-9-19-12/h5-6,9,11H,4,7-8,10H2,1-3H3. The summed E-state index contributed by atoms with van der Waals surface area (Å²) in [7, 11) is 0. The van der Waals surface area contributed by atoms with Crippen molar-refractivity contribution in [2.75, 3.05) is 19.7 Å². The number of hydrogen-bond donors (Lipinski definition) is 0. The molecule has 106 valence electrons. The van der Waals surface area contributed by atoms with Crippen molar-refractivity contribution in [3.63, 3.8) is 0 Å². The van der Waals surface area contributed by atoms with E-state index in [9.17, 15) is 9.59 Å². The van der Waals surface area contributed by atoms with Gasteiger partial charge in [0, 0.05) is 13.1 Å².